The van der Waals surface area contributed by atoms with Gasteiger partial charge in [-0.05, 0) is 30.8 Å². The summed E-state index contributed by atoms with van der Waals surface area (Å²) in [5.74, 6) is 1.15. The van der Waals surface area contributed by atoms with Crippen LogP contribution in [0, 0.1) is 0 Å². The van der Waals surface area contributed by atoms with E-state index in [1.807, 2.05) is 30.3 Å². The van der Waals surface area contributed by atoms with Gasteiger partial charge in [-0.3, -0.25) is 4.79 Å². The van der Waals surface area contributed by atoms with Gasteiger partial charge in [-0.1, -0.05) is 29.8 Å². The van der Waals surface area contributed by atoms with Crippen molar-refractivity contribution >= 4 is 29.9 Å². The van der Waals surface area contributed by atoms with Gasteiger partial charge in [0.05, 0.1) is 26.8 Å². The molecule has 2 aromatic carbocycles. The zero-order valence-corrected chi connectivity index (χ0v) is 15.9. The Kier molecular flexibility index (Phi) is 8.55. The number of carbonyl (C=O) groups is 1. The van der Waals surface area contributed by atoms with Crippen molar-refractivity contribution in [1.82, 2.24) is 10.6 Å². The van der Waals surface area contributed by atoms with Crippen LogP contribution in [-0.4, -0.2) is 33.7 Å². The quantitative estimate of drug-likeness (QED) is 0.769. The molecule has 0 bridgehead atoms. The summed E-state index contributed by atoms with van der Waals surface area (Å²) in [7, 11) is 4.89. The van der Waals surface area contributed by atoms with Crippen LogP contribution >= 0.6 is 24.0 Å². The third kappa shape index (κ3) is 5.26. The molecule has 1 atom stereocenters. The molecule has 0 radical (unpaired) electrons. The Labute approximate surface area is 159 Å². The molecule has 2 aromatic rings. The number of hydrogen-bond acceptors (Lipinski definition) is 4. The maximum absolute atomic E-state index is 12.2. The molecule has 0 fully saturated rings. The first kappa shape index (κ1) is 21.1. The fourth-order valence-corrected chi connectivity index (χ4v) is 2.71. The summed E-state index contributed by atoms with van der Waals surface area (Å²) >= 11 is 6.35. The fraction of sp³-hybridized carbons (Fsp3) is 0.278. The van der Waals surface area contributed by atoms with Crippen molar-refractivity contribution in [2.75, 3.05) is 27.8 Å². The van der Waals surface area contributed by atoms with E-state index in [9.17, 15) is 4.79 Å². The van der Waals surface area contributed by atoms with Crippen molar-refractivity contribution < 1.29 is 14.3 Å². The molecule has 1 unspecified atom stereocenters. The molecule has 7 heteroatoms. The van der Waals surface area contributed by atoms with E-state index >= 15 is 0 Å². The van der Waals surface area contributed by atoms with E-state index < -0.39 is 6.04 Å². The lowest BCUT2D eigenvalue weighted by Gasteiger charge is -2.23. The Hall–Kier alpha value is -1.95. The van der Waals surface area contributed by atoms with Crippen molar-refractivity contribution in [3.8, 4) is 11.5 Å². The number of likely N-dealkylation sites (N-methyl/N-ethyl adjacent to an activating group) is 1. The maximum atomic E-state index is 12.2. The summed E-state index contributed by atoms with van der Waals surface area (Å²) in [6.07, 6.45) is 0. The predicted molar refractivity (Wildman–Crippen MR) is 102 cm³/mol. The van der Waals surface area contributed by atoms with E-state index in [2.05, 4.69) is 10.6 Å². The molecule has 0 aliphatic heterocycles. The van der Waals surface area contributed by atoms with Crippen LogP contribution in [0.4, 0.5) is 0 Å². The lowest BCUT2D eigenvalue weighted by atomic mass is 9.97. The zero-order chi connectivity index (χ0) is 17.5. The highest BCUT2D eigenvalue weighted by Crippen LogP contribution is 2.35. The lowest BCUT2D eigenvalue weighted by Crippen LogP contribution is -2.35. The highest BCUT2D eigenvalue weighted by Gasteiger charge is 2.22. The van der Waals surface area contributed by atoms with Crippen LogP contribution in [-0.2, 0) is 4.79 Å². The molecule has 0 saturated heterocycles. The maximum Gasteiger partial charge on any atom is 0.234 e. The standard InChI is InChI=1S/C18H21ClN2O3.ClH/c1-20-11-17(22)21-18(13-6-4-5-7-15(13)19)14-9-8-12(23-2)10-16(14)24-3;/h4-10,18,20H,11H2,1-3H3,(H,21,22);1H. The van der Waals surface area contributed by atoms with Gasteiger partial charge in [-0.25, -0.2) is 0 Å². The van der Waals surface area contributed by atoms with Gasteiger partial charge in [-0.2, -0.15) is 0 Å². The third-order valence-electron chi connectivity index (χ3n) is 3.61. The summed E-state index contributed by atoms with van der Waals surface area (Å²) in [4.78, 5) is 12.2. The second-order valence-corrected chi connectivity index (χ2v) is 5.57. The van der Waals surface area contributed by atoms with Crippen LogP contribution in [0.3, 0.4) is 0 Å². The second kappa shape index (κ2) is 10.1. The Balaban J connectivity index is 0.00000312. The Morgan fingerprint density at radius 1 is 1.12 bits per heavy atom. The van der Waals surface area contributed by atoms with E-state index in [0.717, 1.165) is 11.1 Å². The zero-order valence-electron chi connectivity index (χ0n) is 14.3. The van der Waals surface area contributed by atoms with Crippen LogP contribution < -0.4 is 20.1 Å². The van der Waals surface area contributed by atoms with Gasteiger partial charge in [0, 0.05) is 16.7 Å². The summed E-state index contributed by atoms with van der Waals surface area (Å²) in [5, 5.41) is 6.41. The molecule has 136 valence electrons. The van der Waals surface area contributed by atoms with Crippen LogP contribution in [0.5, 0.6) is 11.5 Å². The largest absolute Gasteiger partial charge is 0.497 e. The number of methoxy groups -OCH3 is 2. The molecule has 2 rings (SSSR count). The average molecular weight is 385 g/mol. The lowest BCUT2D eigenvalue weighted by molar-refractivity contribution is -0.120. The normalized spacial score (nSPS) is 11.2. The monoisotopic (exact) mass is 384 g/mol. The van der Waals surface area contributed by atoms with E-state index in [-0.39, 0.29) is 24.9 Å². The van der Waals surface area contributed by atoms with Gasteiger partial charge < -0.3 is 20.1 Å². The molecule has 1 amide bonds. The third-order valence-corrected chi connectivity index (χ3v) is 3.95. The molecule has 2 N–H and O–H groups in total. The Morgan fingerprint density at radius 2 is 1.84 bits per heavy atom. The number of nitrogens with one attached hydrogen (secondary N) is 2. The number of carbonyl (C=O) groups excluding carboxylic acids is 1. The number of amides is 1. The molecule has 0 aliphatic rings. The molecule has 5 nitrogen and oxygen atoms in total. The van der Waals surface area contributed by atoms with Crippen molar-refractivity contribution in [1.29, 1.82) is 0 Å². The van der Waals surface area contributed by atoms with Gasteiger partial charge in [-0.15, -0.1) is 12.4 Å². The highest BCUT2D eigenvalue weighted by molar-refractivity contribution is 6.31. The van der Waals surface area contributed by atoms with Crippen molar-refractivity contribution in [2.24, 2.45) is 0 Å². The van der Waals surface area contributed by atoms with Crippen LogP contribution in [0.1, 0.15) is 17.2 Å². The summed E-state index contributed by atoms with van der Waals surface area (Å²) in [6, 6.07) is 12.5. The van der Waals surface area contributed by atoms with Gasteiger partial charge >= 0.3 is 0 Å². The molecule has 25 heavy (non-hydrogen) atoms. The average Bonchev–Trinajstić information content (AvgIpc) is 2.60. The molecular weight excluding hydrogens is 363 g/mol. The first-order valence-corrected chi connectivity index (χ1v) is 7.88. The van der Waals surface area contributed by atoms with Crippen molar-refractivity contribution in [2.45, 2.75) is 6.04 Å². The van der Waals surface area contributed by atoms with Crippen LogP contribution in [0.25, 0.3) is 0 Å². The number of halogens is 2. The van der Waals surface area contributed by atoms with Gasteiger partial charge in [0.25, 0.3) is 0 Å². The molecular formula is C18H22Cl2N2O3. The summed E-state index contributed by atoms with van der Waals surface area (Å²) in [5.41, 5.74) is 1.60. The minimum Gasteiger partial charge on any atom is -0.497 e. The number of rotatable bonds is 7. The first-order valence-electron chi connectivity index (χ1n) is 7.51. The Morgan fingerprint density at radius 3 is 2.44 bits per heavy atom. The van der Waals surface area contributed by atoms with E-state index in [0.29, 0.717) is 16.5 Å². The van der Waals surface area contributed by atoms with Gasteiger partial charge in [0.15, 0.2) is 0 Å². The first-order chi connectivity index (χ1) is 11.6. The highest BCUT2D eigenvalue weighted by atomic mass is 35.5. The number of benzene rings is 2. The second-order valence-electron chi connectivity index (χ2n) is 5.16. The van der Waals surface area contributed by atoms with Crippen LogP contribution in [0.2, 0.25) is 5.02 Å². The number of hydrogen-bond donors (Lipinski definition) is 2. The minimum absolute atomic E-state index is 0. The Bertz CT molecular complexity index is 710. The van der Waals surface area contributed by atoms with Crippen molar-refractivity contribution in [3.63, 3.8) is 0 Å². The molecule has 0 aromatic heterocycles. The van der Waals surface area contributed by atoms with E-state index in [1.54, 1.807) is 33.4 Å². The minimum atomic E-state index is -0.430. The number of ether oxygens (including phenoxy) is 2. The van der Waals surface area contributed by atoms with Crippen LogP contribution in [0.15, 0.2) is 42.5 Å². The molecule has 0 aliphatic carbocycles. The van der Waals surface area contributed by atoms with Crippen molar-refractivity contribution in [3.05, 3.63) is 58.6 Å². The fourth-order valence-electron chi connectivity index (χ4n) is 2.46. The summed E-state index contributed by atoms with van der Waals surface area (Å²) in [6.45, 7) is 0.208. The topological polar surface area (TPSA) is 59.6 Å². The predicted octanol–water partition coefficient (Wildman–Crippen LogP) is 3.20. The van der Waals surface area contributed by atoms with Gasteiger partial charge in [0.1, 0.15) is 11.5 Å². The van der Waals surface area contributed by atoms with E-state index in [4.69, 9.17) is 21.1 Å². The van der Waals surface area contributed by atoms with Gasteiger partial charge in [0.2, 0.25) is 5.91 Å². The molecule has 0 spiro atoms. The molecule has 0 heterocycles. The van der Waals surface area contributed by atoms with E-state index in [1.165, 1.54) is 0 Å². The summed E-state index contributed by atoms with van der Waals surface area (Å²) < 4.78 is 10.7. The SMILES string of the molecule is CNCC(=O)NC(c1ccccc1Cl)c1ccc(OC)cc1OC.Cl. The molecule has 0 saturated carbocycles. The smallest absolute Gasteiger partial charge is 0.234 e.